The van der Waals surface area contributed by atoms with Crippen LogP contribution in [0, 0.1) is 0 Å². The van der Waals surface area contributed by atoms with Gasteiger partial charge in [0.2, 0.25) is 11.9 Å². The van der Waals surface area contributed by atoms with Crippen molar-refractivity contribution in [2.24, 2.45) is 0 Å². The number of para-hydroxylation sites is 1. The summed E-state index contributed by atoms with van der Waals surface area (Å²) in [5.74, 6) is 0.577. The van der Waals surface area contributed by atoms with E-state index >= 15 is 0 Å². The minimum Gasteiger partial charge on any atom is -0.383 e. The van der Waals surface area contributed by atoms with Gasteiger partial charge in [-0.25, -0.2) is 4.98 Å². The van der Waals surface area contributed by atoms with Gasteiger partial charge in [-0.2, -0.15) is 4.98 Å². The second kappa shape index (κ2) is 12.1. The number of pyridine rings is 1. The van der Waals surface area contributed by atoms with Crippen LogP contribution in [0.4, 0.5) is 28.8 Å². The van der Waals surface area contributed by atoms with E-state index in [1.807, 2.05) is 61.5 Å². The molecule has 0 aliphatic carbocycles. The van der Waals surface area contributed by atoms with E-state index in [0.29, 0.717) is 35.2 Å². The van der Waals surface area contributed by atoms with Crippen LogP contribution in [-0.2, 0) is 4.79 Å². The standard InChI is InChI=1S/C30H35N9O/c1-37(2)15-5-8-27(40)33-22-13-14-32-26(20-22)24-6-4-7-25-28(24)35-30(36-29(25)31)34-21-9-11-23(12-10-21)39-18-16-38(3)17-19-39/h4-14,20H,15-19H2,1-3H3,(H,32,33,40)(H3,31,34,35,36)/b8-5+. The Labute approximate surface area is 234 Å². The third-order valence-electron chi connectivity index (χ3n) is 6.79. The van der Waals surface area contributed by atoms with Crippen molar-refractivity contribution in [1.29, 1.82) is 0 Å². The van der Waals surface area contributed by atoms with Crippen LogP contribution < -0.4 is 21.3 Å². The number of nitrogens with two attached hydrogens (primary N) is 1. The first-order chi connectivity index (χ1) is 19.4. The molecule has 4 aromatic rings. The summed E-state index contributed by atoms with van der Waals surface area (Å²) in [6.45, 7) is 4.84. The second-order valence-corrected chi connectivity index (χ2v) is 10.2. The molecule has 0 saturated carbocycles. The van der Waals surface area contributed by atoms with Gasteiger partial charge < -0.3 is 31.1 Å². The van der Waals surface area contributed by atoms with Gasteiger partial charge in [-0.3, -0.25) is 9.78 Å². The summed E-state index contributed by atoms with van der Waals surface area (Å²) in [6, 6.07) is 17.6. The molecule has 2 aromatic carbocycles. The highest BCUT2D eigenvalue weighted by Crippen LogP contribution is 2.31. The van der Waals surface area contributed by atoms with E-state index in [4.69, 9.17) is 10.7 Å². The fourth-order valence-electron chi connectivity index (χ4n) is 4.60. The molecular formula is C30H35N9O. The normalized spacial score (nSPS) is 14.2. The summed E-state index contributed by atoms with van der Waals surface area (Å²) in [7, 11) is 6.05. The third kappa shape index (κ3) is 6.53. The highest BCUT2D eigenvalue weighted by molar-refractivity contribution is 6.01. The van der Waals surface area contributed by atoms with Crippen molar-refractivity contribution in [3.63, 3.8) is 0 Å². The number of hydrogen-bond donors (Lipinski definition) is 3. The third-order valence-corrected chi connectivity index (χ3v) is 6.79. The largest absolute Gasteiger partial charge is 0.383 e. The summed E-state index contributed by atoms with van der Waals surface area (Å²) < 4.78 is 0. The molecule has 206 valence electrons. The van der Waals surface area contributed by atoms with E-state index in [1.165, 1.54) is 11.8 Å². The Morgan fingerprint density at radius 3 is 2.55 bits per heavy atom. The van der Waals surface area contributed by atoms with Crippen LogP contribution in [0.5, 0.6) is 0 Å². The van der Waals surface area contributed by atoms with Crippen LogP contribution in [0.3, 0.4) is 0 Å². The molecule has 0 unspecified atom stereocenters. The van der Waals surface area contributed by atoms with Crippen LogP contribution in [0.2, 0.25) is 0 Å². The maximum atomic E-state index is 12.4. The molecule has 0 atom stereocenters. The number of nitrogen functional groups attached to an aromatic ring is 1. The molecule has 0 radical (unpaired) electrons. The van der Waals surface area contributed by atoms with E-state index in [2.05, 4.69) is 49.6 Å². The van der Waals surface area contributed by atoms with E-state index in [0.717, 1.165) is 42.8 Å². The number of nitrogens with one attached hydrogen (secondary N) is 2. The Morgan fingerprint density at radius 1 is 1.02 bits per heavy atom. The average Bonchev–Trinajstić information content (AvgIpc) is 2.94. The highest BCUT2D eigenvalue weighted by atomic mass is 16.1. The van der Waals surface area contributed by atoms with Crippen molar-refractivity contribution in [1.82, 2.24) is 24.8 Å². The van der Waals surface area contributed by atoms with E-state index in [1.54, 1.807) is 12.3 Å². The van der Waals surface area contributed by atoms with Gasteiger partial charge in [0.25, 0.3) is 0 Å². The van der Waals surface area contributed by atoms with Crippen molar-refractivity contribution in [3.05, 3.63) is 72.9 Å². The number of carbonyl (C=O) groups is 1. The Kier molecular flexibility index (Phi) is 8.18. The zero-order valence-electron chi connectivity index (χ0n) is 23.1. The lowest BCUT2D eigenvalue weighted by atomic mass is 10.1. The summed E-state index contributed by atoms with van der Waals surface area (Å²) in [4.78, 5) is 32.9. The fraction of sp³-hybridized carbons (Fsp3) is 0.267. The number of aromatic nitrogens is 3. The topological polar surface area (TPSA) is 116 Å². The lowest BCUT2D eigenvalue weighted by Crippen LogP contribution is -2.44. The van der Waals surface area contributed by atoms with E-state index in [-0.39, 0.29) is 5.91 Å². The molecular weight excluding hydrogens is 502 g/mol. The molecule has 1 fully saturated rings. The lowest BCUT2D eigenvalue weighted by molar-refractivity contribution is -0.111. The number of carbonyl (C=O) groups excluding carboxylic acids is 1. The number of rotatable bonds is 8. The Bertz CT molecular complexity index is 1510. The molecule has 1 saturated heterocycles. The number of fused-ring (bicyclic) bond motifs is 1. The fourth-order valence-corrected chi connectivity index (χ4v) is 4.60. The number of nitrogens with zero attached hydrogens (tertiary/aromatic N) is 6. The Morgan fingerprint density at radius 2 is 1.80 bits per heavy atom. The summed E-state index contributed by atoms with van der Waals surface area (Å²) in [5.41, 5.74) is 11.2. The van der Waals surface area contributed by atoms with Gasteiger partial charge in [-0.1, -0.05) is 18.2 Å². The van der Waals surface area contributed by atoms with Crippen LogP contribution in [0.25, 0.3) is 22.2 Å². The van der Waals surface area contributed by atoms with Crippen LogP contribution >= 0.6 is 0 Å². The van der Waals surface area contributed by atoms with Crippen molar-refractivity contribution >= 4 is 45.6 Å². The maximum absolute atomic E-state index is 12.4. The molecule has 1 aliphatic heterocycles. The molecule has 4 N–H and O–H groups in total. The van der Waals surface area contributed by atoms with Gasteiger partial charge in [0.15, 0.2) is 0 Å². The molecule has 40 heavy (non-hydrogen) atoms. The van der Waals surface area contributed by atoms with Crippen LogP contribution in [0.1, 0.15) is 0 Å². The van der Waals surface area contributed by atoms with Gasteiger partial charge in [0.05, 0.1) is 11.2 Å². The SMILES string of the molecule is CN(C)C/C=C/C(=O)Nc1ccnc(-c2cccc3c(N)nc(Nc4ccc(N5CCN(C)CC5)cc4)nc23)c1. The number of piperazine rings is 1. The quantitative estimate of drug-likeness (QED) is 0.289. The zero-order valence-corrected chi connectivity index (χ0v) is 23.1. The Balaban J connectivity index is 1.37. The monoisotopic (exact) mass is 537 g/mol. The van der Waals surface area contributed by atoms with E-state index in [9.17, 15) is 4.79 Å². The molecule has 5 rings (SSSR count). The van der Waals surface area contributed by atoms with Crippen molar-refractivity contribution in [2.45, 2.75) is 0 Å². The van der Waals surface area contributed by atoms with Gasteiger partial charge >= 0.3 is 0 Å². The number of anilines is 5. The predicted octanol–water partition coefficient (Wildman–Crippen LogP) is 3.83. The van der Waals surface area contributed by atoms with Gasteiger partial charge in [-0.05, 0) is 63.6 Å². The number of hydrogen-bond acceptors (Lipinski definition) is 9. The predicted molar refractivity (Wildman–Crippen MR) is 163 cm³/mol. The minimum atomic E-state index is -0.200. The van der Waals surface area contributed by atoms with Crippen molar-refractivity contribution in [2.75, 3.05) is 75.1 Å². The first-order valence-corrected chi connectivity index (χ1v) is 13.3. The van der Waals surface area contributed by atoms with Crippen molar-refractivity contribution < 1.29 is 4.79 Å². The highest BCUT2D eigenvalue weighted by Gasteiger charge is 2.15. The average molecular weight is 538 g/mol. The van der Waals surface area contributed by atoms with Gasteiger partial charge in [-0.15, -0.1) is 0 Å². The minimum absolute atomic E-state index is 0.200. The molecule has 10 heteroatoms. The molecule has 3 heterocycles. The molecule has 0 spiro atoms. The van der Waals surface area contributed by atoms with E-state index < -0.39 is 0 Å². The van der Waals surface area contributed by atoms with Crippen LogP contribution in [-0.4, -0.2) is 84.5 Å². The number of benzene rings is 2. The molecule has 10 nitrogen and oxygen atoms in total. The summed E-state index contributed by atoms with van der Waals surface area (Å²) in [5, 5.41) is 6.93. The molecule has 1 aliphatic rings. The molecule has 2 aromatic heterocycles. The lowest BCUT2D eigenvalue weighted by Gasteiger charge is -2.34. The zero-order chi connectivity index (χ0) is 28.1. The summed E-state index contributed by atoms with van der Waals surface area (Å²) in [6.07, 6.45) is 5.01. The first kappa shape index (κ1) is 27.0. The number of amides is 1. The smallest absolute Gasteiger partial charge is 0.248 e. The molecule has 1 amide bonds. The van der Waals surface area contributed by atoms with Crippen molar-refractivity contribution in [3.8, 4) is 11.3 Å². The molecule has 0 bridgehead atoms. The maximum Gasteiger partial charge on any atom is 0.248 e. The van der Waals surface area contributed by atoms with Gasteiger partial charge in [0, 0.05) is 73.0 Å². The number of likely N-dealkylation sites (N-methyl/N-ethyl adjacent to an activating group) is 2. The Hall–Kier alpha value is -4.54. The first-order valence-electron chi connectivity index (χ1n) is 13.3. The second-order valence-electron chi connectivity index (χ2n) is 10.2. The van der Waals surface area contributed by atoms with Crippen LogP contribution in [0.15, 0.2) is 72.9 Å². The summed E-state index contributed by atoms with van der Waals surface area (Å²) >= 11 is 0. The van der Waals surface area contributed by atoms with Gasteiger partial charge in [0.1, 0.15) is 5.82 Å².